The summed E-state index contributed by atoms with van der Waals surface area (Å²) in [5.74, 6) is -0.0967. The summed E-state index contributed by atoms with van der Waals surface area (Å²) >= 11 is 1.02. The van der Waals surface area contributed by atoms with Gasteiger partial charge in [0.1, 0.15) is 6.33 Å². The summed E-state index contributed by atoms with van der Waals surface area (Å²) in [6, 6.07) is 0. The molecule has 144 valence electrons. The lowest BCUT2D eigenvalue weighted by molar-refractivity contribution is -0.131. The van der Waals surface area contributed by atoms with Crippen LogP contribution in [-0.2, 0) is 11.3 Å². The van der Waals surface area contributed by atoms with Gasteiger partial charge in [-0.05, 0) is 17.4 Å². The van der Waals surface area contributed by atoms with Crippen LogP contribution in [0.25, 0.3) is 0 Å². The molecule has 0 saturated carbocycles. The summed E-state index contributed by atoms with van der Waals surface area (Å²) in [7, 11) is 0. The van der Waals surface area contributed by atoms with Crippen molar-refractivity contribution in [2.45, 2.75) is 19.9 Å². The summed E-state index contributed by atoms with van der Waals surface area (Å²) < 4.78 is 9.66. The second kappa shape index (κ2) is 6.93. The summed E-state index contributed by atoms with van der Waals surface area (Å²) in [6.45, 7) is 4.02. The largest absolute Gasteiger partial charge is 0.396 e. The van der Waals surface area contributed by atoms with Gasteiger partial charge in [-0.25, -0.2) is 4.68 Å². The SMILES string of the molecule is Cc1nsnc1C(=O)N1CC2CN(C(=O)CCn3cnnn3)CC2(CO)C1. The fourth-order valence-electron chi connectivity index (χ4n) is 3.97. The summed E-state index contributed by atoms with van der Waals surface area (Å²) in [5, 5.41) is 20.9. The molecule has 4 heterocycles. The van der Waals surface area contributed by atoms with E-state index in [0.29, 0.717) is 50.5 Å². The lowest BCUT2D eigenvalue weighted by Gasteiger charge is -2.27. The highest BCUT2D eigenvalue weighted by Crippen LogP contribution is 2.42. The van der Waals surface area contributed by atoms with Crippen molar-refractivity contribution in [3.8, 4) is 0 Å². The molecule has 2 unspecified atom stereocenters. The molecule has 2 aliphatic heterocycles. The van der Waals surface area contributed by atoms with Crippen molar-refractivity contribution in [1.29, 1.82) is 0 Å². The first kappa shape index (κ1) is 17.9. The Bertz CT molecular complexity index is 840. The van der Waals surface area contributed by atoms with Crippen molar-refractivity contribution in [1.82, 2.24) is 38.8 Å². The van der Waals surface area contributed by atoms with Gasteiger partial charge in [-0.3, -0.25) is 9.59 Å². The molecule has 0 radical (unpaired) electrons. The van der Waals surface area contributed by atoms with Crippen molar-refractivity contribution in [2.75, 3.05) is 32.8 Å². The number of hydrogen-bond donors (Lipinski definition) is 1. The maximum atomic E-state index is 12.7. The number of aliphatic hydroxyl groups excluding tert-OH is 1. The standard InChI is InChI=1S/C15H20N8O3S/c1-10-13(18-27-17-10)14(26)22-5-11-4-21(6-15(11,7-22)8-24)12(25)2-3-23-9-16-19-20-23/h9,11,24H,2-8H2,1H3. The zero-order valence-corrected chi connectivity index (χ0v) is 15.7. The minimum atomic E-state index is -0.475. The molecule has 2 aliphatic rings. The van der Waals surface area contributed by atoms with Crippen LogP contribution in [-0.4, -0.2) is 88.5 Å². The van der Waals surface area contributed by atoms with Crippen LogP contribution in [0, 0.1) is 18.3 Å². The minimum absolute atomic E-state index is 0.00477. The van der Waals surface area contributed by atoms with Gasteiger partial charge in [-0.15, -0.1) is 5.10 Å². The molecule has 2 amide bonds. The van der Waals surface area contributed by atoms with Crippen LogP contribution in [0.1, 0.15) is 22.6 Å². The van der Waals surface area contributed by atoms with Crippen molar-refractivity contribution < 1.29 is 14.7 Å². The number of hydrogen-bond acceptors (Lipinski definition) is 9. The first-order valence-electron chi connectivity index (χ1n) is 8.70. The minimum Gasteiger partial charge on any atom is -0.396 e. The first-order chi connectivity index (χ1) is 13.0. The molecule has 2 atom stereocenters. The Morgan fingerprint density at radius 2 is 2.07 bits per heavy atom. The maximum absolute atomic E-state index is 12.7. The number of likely N-dealkylation sites (tertiary alicyclic amines) is 2. The van der Waals surface area contributed by atoms with E-state index in [-0.39, 0.29) is 24.3 Å². The summed E-state index contributed by atoms with van der Waals surface area (Å²) in [4.78, 5) is 28.8. The highest BCUT2D eigenvalue weighted by molar-refractivity contribution is 6.99. The Hall–Kier alpha value is -2.47. The highest BCUT2D eigenvalue weighted by Gasteiger charge is 2.54. The number of tetrazole rings is 1. The van der Waals surface area contributed by atoms with Gasteiger partial charge in [0.15, 0.2) is 5.69 Å². The molecule has 2 saturated heterocycles. The number of carbonyl (C=O) groups is 2. The molecule has 2 aromatic rings. The average Bonchev–Trinajstić information content (AvgIpc) is 3.42. The molecule has 4 rings (SSSR count). The predicted octanol–water partition coefficient (Wildman–Crippen LogP) is -1.18. The van der Waals surface area contributed by atoms with Crippen molar-refractivity contribution in [3.63, 3.8) is 0 Å². The third-order valence-corrected chi connectivity index (χ3v) is 6.13. The molecule has 1 N–H and O–H groups in total. The molecule has 12 heteroatoms. The van der Waals surface area contributed by atoms with Crippen LogP contribution >= 0.6 is 11.7 Å². The van der Waals surface area contributed by atoms with Gasteiger partial charge in [-0.1, -0.05) is 0 Å². The maximum Gasteiger partial charge on any atom is 0.275 e. The van der Waals surface area contributed by atoms with Crippen LogP contribution in [0.5, 0.6) is 0 Å². The third-order valence-electron chi connectivity index (χ3n) is 5.52. The molecule has 11 nitrogen and oxygen atoms in total. The monoisotopic (exact) mass is 392 g/mol. The van der Waals surface area contributed by atoms with Crippen LogP contribution in [0.15, 0.2) is 6.33 Å². The molecule has 0 aliphatic carbocycles. The molecule has 27 heavy (non-hydrogen) atoms. The van der Waals surface area contributed by atoms with Crippen molar-refractivity contribution in [3.05, 3.63) is 17.7 Å². The lowest BCUT2D eigenvalue weighted by atomic mass is 9.82. The van der Waals surface area contributed by atoms with Crippen molar-refractivity contribution >= 4 is 23.5 Å². The Labute approximate surface area is 159 Å². The van der Waals surface area contributed by atoms with Crippen molar-refractivity contribution in [2.24, 2.45) is 11.3 Å². The van der Waals surface area contributed by atoms with Crippen LogP contribution in [0.4, 0.5) is 0 Å². The van der Waals surface area contributed by atoms with E-state index < -0.39 is 5.41 Å². The van der Waals surface area contributed by atoms with Gasteiger partial charge >= 0.3 is 0 Å². The van der Waals surface area contributed by atoms with E-state index in [1.54, 1.807) is 16.7 Å². The van der Waals surface area contributed by atoms with Crippen LogP contribution in [0.3, 0.4) is 0 Å². The summed E-state index contributed by atoms with van der Waals surface area (Å²) in [6.07, 6.45) is 1.77. The number of nitrogens with zero attached hydrogens (tertiary/aromatic N) is 8. The van der Waals surface area contributed by atoms with Crippen LogP contribution in [0.2, 0.25) is 0 Å². The Morgan fingerprint density at radius 1 is 1.30 bits per heavy atom. The smallest absolute Gasteiger partial charge is 0.275 e. The van der Waals surface area contributed by atoms with E-state index in [1.807, 2.05) is 0 Å². The van der Waals surface area contributed by atoms with E-state index in [9.17, 15) is 14.7 Å². The van der Waals surface area contributed by atoms with Gasteiger partial charge in [0.2, 0.25) is 5.91 Å². The molecule has 2 fully saturated rings. The number of carbonyl (C=O) groups excluding carboxylic acids is 2. The quantitative estimate of drug-likeness (QED) is 0.673. The molecule has 0 aromatic carbocycles. The third kappa shape index (κ3) is 3.18. The normalized spacial score (nSPS) is 24.4. The number of aliphatic hydroxyl groups is 1. The molecule has 0 bridgehead atoms. The van der Waals surface area contributed by atoms with E-state index >= 15 is 0 Å². The van der Waals surface area contributed by atoms with E-state index in [0.717, 1.165) is 11.7 Å². The lowest BCUT2D eigenvalue weighted by Crippen LogP contribution is -2.40. The number of rotatable bonds is 5. The fourth-order valence-corrected chi connectivity index (χ4v) is 4.52. The second-order valence-corrected chi connectivity index (χ2v) is 7.73. The Kier molecular flexibility index (Phi) is 4.60. The van der Waals surface area contributed by atoms with Gasteiger partial charge in [-0.2, -0.15) is 8.75 Å². The van der Waals surface area contributed by atoms with Crippen LogP contribution < -0.4 is 0 Å². The number of aromatic nitrogens is 6. The number of fused-ring (bicyclic) bond motifs is 1. The molecular formula is C15H20N8O3S. The highest BCUT2D eigenvalue weighted by atomic mass is 32.1. The molecule has 0 spiro atoms. The van der Waals surface area contributed by atoms with Gasteiger partial charge < -0.3 is 14.9 Å². The van der Waals surface area contributed by atoms with E-state index in [4.69, 9.17) is 0 Å². The number of aryl methyl sites for hydroxylation is 2. The Morgan fingerprint density at radius 3 is 2.70 bits per heavy atom. The van der Waals surface area contributed by atoms with Gasteiger partial charge in [0.05, 0.1) is 30.6 Å². The van der Waals surface area contributed by atoms with E-state index in [1.165, 1.54) is 11.0 Å². The predicted molar refractivity (Wildman–Crippen MR) is 92.6 cm³/mol. The van der Waals surface area contributed by atoms with Gasteiger partial charge in [0.25, 0.3) is 5.91 Å². The van der Waals surface area contributed by atoms with Gasteiger partial charge in [0, 0.05) is 43.9 Å². The Balaban J connectivity index is 1.40. The number of amides is 2. The summed E-state index contributed by atoms with van der Waals surface area (Å²) in [5.41, 5.74) is 0.527. The first-order valence-corrected chi connectivity index (χ1v) is 9.43. The zero-order chi connectivity index (χ0) is 19.0. The zero-order valence-electron chi connectivity index (χ0n) is 14.9. The van der Waals surface area contributed by atoms with E-state index in [2.05, 4.69) is 24.3 Å². The topological polar surface area (TPSA) is 130 Å². The molecular weight excluding hydrogens is 372 g/mol. The second-order valence-electron chi connectivity index (χ2n) is 7.20. The molecule has 2 aromatic heterocycles. The fraction of sp³-hybridized carbons (Fsp3) is 0.667. The average molecular weight is 392 g/mol.